The maximum atomic E-state index is 12.3. The second kappa shape index (κ2) is 8.02. The lowest BCUT2D eigenvalue weighted by Gasteiger charge is -2.07. The average Bonchev–Trinajstić information content (AvgIpc) is 3.29. The van der Waals surface area contributed by atoms with Gasteiger partial charge in [0.25, 0.3) is 0 Å². The predicted octanol–water partition coefficient (Wildman–Crippen LogP) is 4.82. The molecular weight excluding hydrogens is 378 g/mol. The molecule has 1 N–H and O–H groups in total. The molecule has 7 heteroatoms. The van der Waals surface area contributed by atoms with Crippen LogP contribution in [0.1, 0.15) is 23.6 Å². The number of anilines is 1. The smallest absolute Gasteiger partial charge is 0.413 e. The maximum absolute atomic E-state index is 12.3. The fourth-order valence-electron chi connectivity index (χ4n) is 3.56. The molecule has 2 heterocycles. The normalized spacial score (nSPS) is 11.1. The van der Waals surface area contributed by atoms with Crippen molar-refractivity contribution >= 4 is 22.9 Å². The zero-order valence-corrected chi connectivity index (χ0v) is 17.6. The zero-order valence-electron chi connectivity index (χ0n) is 17.6. The molecule has 0 fully saturated rings. The minimum atomic E-state index is -0.524. The summed E-state index contributed by atoms with van der Waals surface area (Å²) < 4.78 is 9.11. The third-order valence-corrected chi connectivity index (χ3v) is 5.16. The van der Waals surface area contributed by atoms with Gasteiger partial charge in [-0.1, -0.05) is 29.8 Å². The Kier molecular flexibility index (Phi) is 5.27. The summed E-state index contributed by atoms with van der Waals surface area (Å²) in [5.74, 6) is 0.576. The second-order valence-electron chi connectivity index (χ2n) is 7.41. The summed E-state index contributed by atoms with van der Waals surface area (Å²) in [5, 5.41) is 7.29. The Bertz CT molecular complexity index is 1220. The van der Waals surface area contributed by atoms with Crippen molar-refractivity contribution in [2.75, 3.05) is 5.32 Å². The van der Waals surface area contributed by atoms with Crippen LogP contribution in [0.5, 0.6) is 0 Å². The number of imidazole rings is 1. The van der Waals surface area contributed by atoms with E-state index in [4.69, 9.17) is 4.74 Å². The number of fused-ring (bicyclic) bond motifs is 1. The van der Waals surface area contributed by atoms with Gasteiger partial charge < -0.3 is 9.30 Å². The van der Waals surface area contributed by atoms with Crippen LogP contribution in [0.25, 0.3) is 22.3 Å². The number of rotatable bonds is 5. The van der Waals surface area contributed by atoms with Crippen molar-refractivity contribution in [3.05, 3.63) is 65.5 Å². The van der Waals surface area contributed by atoms with Gasteiger partial charge in [0.05, 0.1) is 23.1 Å². The highest BCUT2D eigenvalue weighted by Gasteiger charge is 2.13. The number of aromatic nitrogens is 4. The van der Waals surface area contributed by atoms with E-state index in [1.807, 2.05) is 36.7 Å². The van der Waals surface area contributed by atoms with Crippen LogP contribution in [-0.2, 0) is 24.9 Å². The number of nitrogens with zero attached hydrogens (tertiary/aromatic N) is 4. The van der Waals surface area contributed by atoms with Gasteiger partial charge in [0.2, 0.25) is 0 Å². The van der Waals surface area contributed by atoms with Crippen molar-refractivity contribution in [2.45, 2.75) is 33.9 Å². The van der Waals surface area contributed by atoms with Crippen LogP contribution in [0.3, 0.4) is 0 Å². The fourth-order valence-corrected chi connectivity index (χ4v) is 3.56. The van der Waals surface area contributed by atoms with Crippen LogP contribution in [0, 0.1) is 13.8 Å². The van der Waals surface area contributed by atoms with Crippen molar-refractivity contribution < 1.29 is 9.53 Å². The second-order valence-corrected chi connectivity index (χ2v) is 7.41. The molecule has 4 rings (SSSR count). The lowest BCUT2D eigenvalue weighted by Crippen LogP contribution is -2.15. The fraction of sp³-hybridized carbons (Fsp3) is 0.261. The van der Waals surface area contributed by atoms with E-state index >= 15 is 0 Å². The molecule has 154 valence electrons. The van der Waals surface area contributed by atoms with Gasteiger partial charge in [-0.3, -0.25) is 10.00 Å². The van der Waals surface area contributed by atoms with E-state index in [1.165, 1.54) is 5.56 Å². The van der Waals surface area contributed by atoms with Crippen LogP contribution < -0.4 is 5.32 Å². The van der Waals surface area contributed by atoms with Crippen molar-refractivity contribution in [1.29, 1.82) is 0 Å². The topological polar surface area (TPSA) is 74.0 Å². The molecule has 1 amide bonds. The van der Waals surface area contributed by atoms with Crippen LogP contribution >= 0.6 is 0 Å². The molecule has 0 saturated heterocycles. The molecule has 0 atom stereocenters. The highest BCUT2D eigenvalue weighted by molar-refractivity contribution is 5.84. The van der Waals surface area contributed by atoms with E-state index in [0.717, 1.165) is 40.0 Å². The summed E-state index contributed by atoms with van der Waals surface area (Å²) in [5.41, 5.74) is 7.04. The van der Waals surface area contributed by atoms with Gasteiger partial charge in [0.15, 0.2) is 0 Å². The monoisotopic (exact) mass is 403 g/mol. The Morgan fingerprint density at radius 1 is 1.13 bits per heavy atom. The van der Waals surface area contributed by atoms with E-state index in [9.17, 15) is 4.79 Å². The van der Waals surface area contributed by atoms with E-state index in [2.05, 4.69) is 52.9 Å². The number of carbonyl (C=O) groups excluding carboxylic acids is 1. The zero-order chi connectivity index (χ0) is 21.3. The van der Waals surface area contributed by atoms with Gasteiger partial charge in [-0.05, 0) is 44.0 Å². The molecule has 2 aromatic carbocycles. The number of carbonyl (C=O) groups is 1. The SMILES string of the molecule is CCn1cnc2cc(COC(=O)Nc3cc(-c4ccc(C)cc4C)nn3C)ccc21. The van der Waals surface area contributed by atoms with Gasteiger partial charge >= 0.3 is 6.09 Å². The van der Waals surface area contributed by atoms with E-state index in [0.29, 0.717) is 5.82 Å². The van der Waals surface area contributed by atoms with Gasteiger partial charge in [-0.15, -0.1) is 0 Å². The lowest BCUT2D eigenvalue weighted by molar-refractivity contribution is 0.155. The average molecular weight is 403 g/mol. The van der Waals surface area contributed by atoms with Gasteiger partial charge in [-0.25, -0.2) is 9.78 Å². The number of aryl methyl sites for hydroxylation is 4. The Labute approximate surface area is 175 Å². The molecule has 0 aliphatic rings. The van der Waals surface area contributed by atoms with Crippen molar-refractivity contribution in [1.82, 2.24) is 19.3 Å². The van der Waals surface area contributed by atoms with Gasteiger partial charge in [0, 0.05) is 25.2 Å². The first-order valence-electron chi connectivity index (χ1n) is 9.94. The number of benzene rings is 2. The van der Waals surface area contributed by atoms with E-state index in [-0.39, 0.29) is 6.61 Å². The summed E-state index contributed by atoms with van der Waals surface area (Å²) >= 11 is 0. The third kappa shape index (κ3) is 3.91. The molecule has 4 aromatic rings. The quantitative estimate of drug-likeness (QED) is 0.518. The largest absolute Gasteiger partial charge is 0.444 e. The van der Waals surface area contributed by atoms with Crippen molar-refractivity contribution in [3.63, 3.8) is 0 Å². The molecule has 0 spiro atoms. The lowest BCUT2D eigenvalue weighted by atomic mass is 10.0. The van der Waals surface area contributed by atoms with Crippen LogP contribution in [0.15, 0.2) is 48.8 Å². The first kappa shape index (κ1) is 19.7. The first-order chi connectivity index (χ1) is 14.4. The Hall–Kier alpha value is -3.61. The van der Waals surface area contributed by atoms with Crippen LogP contribution in [0.2, 0.25) is 0 Å². The number of hydrogen-bond acceptors (Lipinski definition) is 4. The van der Waals surface area contributed by atoms with Crippen molar-refractivity contribution in [3.8, 4) is 11.3 Å². The van der Waals surface area contributed by atoms with E-state index < -0.39 is 6.09 Å². The molecule has 7 nitrogen and oxygen atoms in total. The number of amides is 1. The van der Waals surface area contributed by atoms with Gasteiger partial charge in [0.1, 0.15) is 12.4 Å². The first-order valence-corrected chi connectivity index (χ1v) is 9.94. The molecular formula is C23H25N5O2. The highest BCUT2D eigenvalue weighted by atomic mass is 16.5. The van der Waals surface area contributed by atoms with Gasteiger partial charge in [-0.2, -0.15) is 5.10 Å². The summed E-state index contributed by atoms with van der Waals surface area (Å²) in [7, 11) is 1.79. The summed E-state index contributed by atoms with van der Waals surface area (Å²) in [4.78, 5) is 16.7. The standard InChI is InChI=1S/C23H25N5O2/c1-5-28-14-24-20-11-17(7-9-21(20)28)13-30-23(29)25-22-12-19(26-27(22)4)18-8-6-15(2)10-16(18)3/h6-12,14H,5,13H2,1-4H3,(H,25,29). The maximum Gasteiger partial charge on any atom is 0.413 e. The molecule has 0 aliphatic heterocycles. The Morgan fingerprint density at radius 2 is 1.97 bits per heavy atom. The summed E-state index contributed by atoms with van der Waals surface area (Å²) in [6.45, 7) is 7.22. The minimum Gasteiger partial charge on any atom is -0.444 e. The summed E-state index contributed by atoms with van der Waals surface area (Å²) in [6, 6.07) is 14.0. The molecule has 0 unspecified atom stereocenters. The van der Waals surface area contributed by atoms with Crippen LogP contribution in [-0.4, -0.2) is 25.4 Å². The molecule has 0 radical (unpaired) electrons. The molecule has 0 bridgehead atoms. The van der Waals surface area contributed by atoms with Crippen LogP contribution in [0.4, 0.5) is 10.6 Å². The predicted molar refractivity (Wildman–Crippen MR) is 117 cm³/mol. The minimum absolute atomic E-state index is 0.169. The van der Waals surface area contributed by atoms with Crippen molar-refractivity contribution in [2.24, 2.45) is 7.05 Å². The van der Waals surface area contributed by atoms with E-state index in [1.54, 1.807) is 11.7 Å². The molecule has 30 heavy (non-hydrogen) atoms. The molecule has 2 aromatic heterocycles. The third-order valence-electron chi connectivity index (χ3n) is 5.16. The number of hydrogen-bond donors (Lipinski definition) is 1. The summed E-state index contributed by atoms with van der Waals surface area (Å²) in [6.07, 6.45) is 1.29. The number of nitrogens with one attached hydrogen (secondary N) is 1. The molecule has 0 aliphatic carbocycles. The Morgan fingerprint density at radius 3 is 2.73 bits per heavy atom. The Balaban J connectivity index is 1.42. The number of ether oxygens (including phenoxy) is 1. The highest BCUT2D eigenvalue weighted by Crippen LogP contribution is 2.25. The molecule has 0 saturated carbocycles.